The van der Waals surface area contributed by atoms with Crippen LogP contribution in [0.1, 0.15) is 59.2 Å². The number of aromatic nitrogens is 1. The monoisotopic (exact) mass is 419 g/mol. The number of hydrogen-bond acceptors (Lipinski definition) is 3. The van der Waals surface area contributed by atoms with Crippen LogP contribution in [0.15, 0.2) is 42.7 Å². The highest BCUT2D eigenvalue weighted by atomic mass is 16.2. The van der Waals surface area contributed by atoms with Crippen molar-refractivity contribution in [1.29, 1.82) is 0 Å². The lowest BCUT2D eigenvalue weighted by Gasteiger charge is -2.32. The molecule has 0 radical (unpaired) electrons. The Hall–Kier alpha value is -2.69. The highest BCUT2D eigenvalue weighted by Crippen LogP contribution is 2.24. The molecule has 4 rings (SSSR count). The minimum atomic E-state index is 0.108. The Labute approximate surface area is 185 Å². The Morgan fingerprint density at radius 2 is 1.61 bits per heavy atom. The number of piperidine rings is 1. The van der Waals surface area contributed by atoms with Crippen molar-refractivity contribution in [3.63, 3.8) is 0 Å². The van der Waals surface area contributed by atoms with Crippen LogP contribution in [0.4, 0.5) is 0 Å². The Morgan fingerprint density at radius 3 is 2.29 bits per heavy atom. The molecule has 0 saturated carbocycles. The number of pyridine rings is 1. The van der Waals surface area contributed by atoms with Gasteiger partial charge in [-0.05, 0) is 74.1 Å². The molecule has 2 aliphatic rings. The molecule has 0 atom stereocenters. The van der Waals surface area contributed by atoms with Crippen molar-refractivity contribution in [2.24, 2.45) is 5.92 Å². The third-order valence-corrected chi connectivity index (χ3v) is 6.80. The van der Waals surface area contributed by atoms with Gasteiger partial charge in [-0.15, -0.1) is 0 Å². The highest BCUT2D eigenvalue weighted by Gasteiger charge is 2.24. The average Bonchev–Trinajstić information content (AvgIpc) is 3.34. The van der Waals surface area contributed by atoms with E-state index in [-0.39, 0.29) is 5.91 Å². The molecule has 5 heteroatoms. The number of aryl methyl sites for hydroxylation is 2. The van der Waals surface area contributed by atoms with E-state index >= 15 is 0 Å². The van der Waals surface area contributed by atoms with Gasteiger partial charge in [0.25, 0.3) is 5.91 Å². The molecule has 2 aliphatic heterocycles. The molecule has 0 aliphatic carbocycles. The molecular weight excluding hydrogens is 386 g/mol. The topological polar surface area (TPSA) is 53.5 Å². The first-order valence-corrected chi connectivity index (χ1v) is 11.7. The van der Waals surface area contributed by atoms with Crippen LogP contribution in [0.3, 0.4) is 0 Å². The molecule has 31 heavy (non-hydrogen) atoms. The number of nitrogens with zero attached hydrogens (tertiary/aromatic N) is 3. The summed E-state index contributed by atoms with van der Waals surface area (Å²) >= 11 is 0. The molecule has 164 valence electrons. The summed E-state index contributed by atoms with van der Waals surface area (Å²) < 4.78 is 0. The van der Waals surface area contributed by atoms with Crippen molar-refractivity contribution in [2.45, 2.75) is 51.9 Å². The van der Waals surface area contributed by atoms with Crippen LogP contribution in [0.25, 0.3) is 0 Å². The maximum atomic E-state index is 12.8. The third kappa shape index (κ3) is 5.52. The summed E-state index contributed by atoms with van der Waals surface area (Å²) in [7, 11) is 0. The Balaban J connectivity index is 1.23. The first kappa shape index (κ1) is 21.5. The van der Waals surface area contributed by atoms with Crippen molar-refractivity contribution in [3.8, 4) is 0 Å². The second-order valence-electron chi connectivity index (χ2n) is 9.03. The number of amides is 2. The zero-order valence-electron chi connectivity index (χ0n) is 18.6. The largest absolute Gasteiger partial charge is 0.343 e. The normalized spacial score (nSPS) is 17.2. The van der Waals surface area contributed by atoms with Gasteiger partial charge in [-0.2, -0.15) is 0 Å². The minimum absolute atomic E-state index is 0.108. The number of carbonyl (C=O) groups excluding carboxylic acids is 2. The van der Waals surface area contributed by atoms with Gasteiger partial charge in [-0.3, -0.25) is 14.6 Å². The molecule has 2 saturated heterocycles. The van der Waals surface area contributed by atoms with E-state index in [0.717, 1.165) is 75.8 Å². The van der Waals surface area contributed by atoms with E-state index in [0.29, 0.717) is 18.2 Å². The van der Waals surface area contributed by atoms with Crippen molar-refractivity contribution < 1.29 is 9.59 Å². The summed E-state index contributed by atoms with van der Waals surface area (Å²) in [5.41, 5.74) is 4.30. The molecule has 0 unspecified atom stereocenters. The molecule has 2 aromatic rings. The maximum absolute atomic E-state index is 12.8. The number of rotatable bonds is 6. The maximum Gasteiger partial charge on any atom is 0.255 e. The van der Waals surface area contributed by atoms with Gasteiger partial charge in [0.2, 0.25) is 5.91 Å². The van der Waals surface area contributed by atoms with Gasteiger partial charge in [-0.25, -0.2) is 0 Å². The second kappa shape index (κ2) is 10.1. The van der Waals surface area contributed by atoms with E-state index in [1.165, 1.54) is 11.1 Å². The van der Waals surface area contributed by atoms with E-state index in [1.807, 2.05) is 22.8 Å². The lowest BCUT2D eigenvalue weighted by atomic mass is 9.89. The smallest absolute Gasteiger partial charge is 0.255 e. The highest BCUT2D eigenvalue weighted by molar-refractivity contribution is 5.95. The summed E-state index contributed by atoms with van der Waals surface area (Å²) in [4.78, 5) is 33.1. The zero-order chi connectivity index (χ0) is 21.6. The fourth-order valence-corrected chi connectivity index (χ4v) is 4.75. The average molecular weight is 420 g/mol. The predicted molar refractivity (Wildman–Crippen MR) is 122 cm³/mol. The predicted octanol–water partition coefficient (Wildman–Crippen LogP) is 4.04. The fraction of sp³-hybridized carbons (Fsp3) is 0.500. The van der Waals surface area contributed by atoms with Gasteiger partial charge >= 0.3 is 0 Å². The Kier molecular flexibility index (Phi) is 7.00. The standard InChI is InChI=1S/C26H33N3O2/c1-20-10-13-27-19-24(20)26(31)29-16-11-23(12-17-29)18-22-6-4-21(5-7-22)8-9-25(30)28-14-2-3-15-28/h4-7,10,13,19,23H,2-3,8-9,11-12,14-18H2,1H3. The molecule has 0 bridgehead atoms. The summed E-state index contributed by atoms with van der Waals surface area (Å²) in [6.45, 7) is 5.46. The summed E-state index contributed by atoms with van der Waals surface area (Å²) in [5, 5.41) is 0. The van der Waals surface area contributed by atoms with E-state index < -0.39 is 0 Å². The molecule has 0 N–H and O–H groups in total. The van der Waals surface area contributed by atoms with Gasteiger partial charge in [0.1, 0.15) is 0 Å². The molecule has 1 aromatic heterocycles. The van der Waals surface area contributed by atoms with Gasteiger partial charge in [-0.1, -0.05) is 24.3 Å². The molecule has 1 aromatic carbocycles. The van der Waals surface area contributed by atoms with Crippen molar-refractivity contribution >= 4 is 11.8 Å². The van der Waals surface area contributed by atoms with Crippen LogP contribution in [-0.4, -0.2) is 52.8 Å². The first-order valence-electron chi connectivity index (χ1n) is 11.7. The lowest BCUT2D eigenvalue weighted by Crippen LogP contribution is -2.39. The minimum Gasteiger partial charge on any atom is -0.343 e. The van der Waals surface area contributed by atoms with Crippen LogP contribution in [0.5, 0.6) is 0 Å². The van der Waals surface area contributed by atoms with Crippen molar-refractivity contribution in [1.82, 2.24) is 14.8 Å². The SMILES string of the molecule is Cc1ccncc1C(=O)N1CCC(Cc2ccc(CCC(=O)N3CCCC3)cc2)CC1. The Bertz CT molecular complexity index is 895. The lowest BCUT2D eigenvalue weighted by molar-refractivity contribution is -0.130. The summed E-state index contributed by atoms with van der Waals surface area (Å²) in [6.07, 6.45) is 10.3. The second-order valence-corrected chi connectivity index (χ2v) is 9.03. The van der Waals surface area contributed by atoms with Crippen LogP contribution < -0.4 is 0 Å². The zero-order valence-corrected chi connectivity index (χ0v) is 18.6. The van der Waals surface area contributed by atoms with Crippen LogP contribution in [0.2, 0.25) is 0 Å². The number of carbonyl (C=O) groups is 2. The fourth-order valence-electron chi connectivity index (χ4n) is 4.75. The summed E-state index contributed by atoms with van der Waals surface area (Å²) in [5.74, 6) is 1.02. The van der Waals surface area contributed by atoms with E-state index in [4.69, 9.17) is 0 Å². The van der Waals surface area contributed by atoms with Gasteiger partial charge in [0.15, 0.2) is 0 Å². The van der Waals surface area contributed by atoms with Crippen molar-refractivity contribution in [3.05, 3.63) is 65.0 Å². The number of hydrogen-bond donors (Lipinski definition) is 0. The van der Waals surface area contributed by atoms with E-state index in [2.05, 4.69) is 29.2 Å². The van der Waals surface area contributed by atoms with Crippen LogP contribution in [0, 0.1) is 12.8 Å². The number of benzene rings is 1. The molecule has 2 fully saturated rings. The van der Waals surface area contributed by atoms with E-state index in [1.54, 1.807) is 12.4 Å². The molecule has 2 amide bonds. The van der Waals surface area contributed by atoms with Gasteiger partial charge < -0.3 is 9.80 Å². The van der Waals surface area contributed by atoms with Crippen LogP contribution >= 0.6 is 0 Å². The molecule has 5 nitrogen and oxygen atoms in total. The van der Waals surface area contributed by atoms with Crippen LogP contribution in [-0.2, 0) is 17.6 Å². The van der Waals surface area contributed by atoms with Crippen molar-refractivity contribution in [2.75, 3.05) is 26.2 Å². The Morgan fingerprint density at radius 1 is 0.935 bits per heavy atom. The summed E-state index contributed by atoms with van der Waals surface area (Å²) in [6, 6.07) is 10.7. The molecular formula is C26H33N3O2. The van der Waals surface area contributed by atoms with Gasteiger partial charge in [0.05, 0.1) is 5.56 Å². The van der Waals surface area contributed by atoms with E-state index in [9.17, 15) is 9.59 Å². The molecule has 0 spiro atoms. The molecule has 3 heterocycles. The van der Waals surface area contributed by atoms with Gasteiger partial charge in [0, 0.05) is 45.0 Å². The first-order chi connectivity index (χ1) is 15.1. The number of likely N-dealkylation sites (tertiary alicyclic amines) is 2. The third-order valence-electron chi connectivity index (χ3n) is 6.80. The quantitative estimate of drug-likeness (QED) is 0.710.